The van der Waals surface area contributed by atoms with Crippen LogP contribution in [-0.4, -0.2) is 75.5 Å². The highest BCUT2D eigenvalue weighted by Gasteiger charge is 2.21. The lowest BCUT2D eigenvalue weighted by molar-refractivity contribution is 0.0302. The summed E-state index contributed by atoms with van der Waals surface area (Å²) in [5.74, 6) is 1.05. The van der Waals surface area contributed by atoms with E-state index in [2.05, 4.69) is 36.3 Å². The Labute approximate surface area is 224 Å². The van der Waals surface area contributed by atoms with Gasteiger partial charge in [0.05, 0.1) is 37.0 Å². The van der Waals surface area contributed by atoms with Crippen LogP contribution in [0.25, 0.3) is 11.0 Å². The topological polar surface area (TPSA) is 114 Å². The van der Waals surface area contributed by atoms with Gasteiger partial charge in [-0.1, -0.05) is 19.6 Å². The Hall–Kier alpha value is -3.59. The second kappa shape index (κ2) is 11.9. The number of rotatable bonds is 10. The third-order valence-electron chi connectivity index (χ3n) is 6.45. The van der Waals surface area contributed by atoms with Gasteiger partial charge in [0.15, 0.2) is 0 Å². The van der Waals surface area contributed by atoms with E-state index in [1.165, 1.54) is 0 Å². The lowest BCUT2D eigenvalue weighted by Gasteiger charge is -2.27. The molecule has 2 aromatic heterocycles. The van der Waals surface area contributed by atoms with Crippen LogP contribution in [0.5, 0.6) is 5.75 Å². The molecule has 38 heavy (non-hydrogen) atoms. The summed E-state index contributed by atoms with van der Waals surface area (Å²) in [6, 6.07) is 10.5. The molecule has 0 spiro atoms. The van der Waals surface area contributed by atoms with Crippen molar-refractivity contribution in [3.05, 3.63) is 41.6 Å². The highest BCUT2D eigenvalue weighted by molar-refractivity contribution is 6.76. The number of methoxy groups -OCH3 is 1. The van der Waals surface area contributed by atoms with Crippen LogP contribution < -0.4 is 15.4 Å². The average molecular weight is 537 g/mol. The summed E-state index contributed by atoms with van der Waals surface area (Å²) >= 11 is 0. The fraction of sp³-hybridized carbons (Fsp3) is 0.444. The van der Waals surface area contributed by atoms with Gasteiger partial charge in [0.2, 0.25) is 0 Å². The van der Waals surface area contributed by atoms with E-state index in [-0.39, 0.29) is 5.91 Å². The van der Waals surface area contributed by atoms with E-state index in [0.29, 0.717) is 73.7 Å². The number of fused-ring (bicyclic) bond motifs is 1. The van der Waals surface area contributed by atoms with E-state index in [4.69, 9.17) is 19.2 Å². The maximum atomic E-state index is 12.9. The minimum atomic E-state index is -1.21. The molecule has 1 saturated heterocycles. The molecule has 0 radical (unpaired) electrons. The predicted molar refractivity (Wildman–Crippen MR) is 151 cm³/mol. The second-order valence-corrected chi connectivity index (χ2v) is 16.0. The number of hydrogen-bond acceptors (Lipinski definition) is 8. The summed E-state index contributed by atoms with van der Waals surface area (Å²) in [5.41, 5.74) is 3.16. The van der Waals surface area contributed by atoms with Crippen molar-refractivity contribution in [2.75, 3.05) is 57.7 Å². The molecule has 3 heterocycles. The zero-order valence-electron chi connectivity index (χ0n) is 22.8. The number of pyridine rings is 1. The number of aromatic nitrogens is 2. The fourth-order valence-corrected chi connectivity index (χ4v) is 5.04. The molecule has 0 atom stereocenters. The molecule has 0 aliphatic carbocycles. The Balaban J connectivity index is 1.61. The molecule has 4 rings (SSSR count). The van der Waals surface area contributed by atoms with Crippen LogP contribution in [0.3, 0.4) is 0 Å². The molecule has 0 bridgehead atoms. The molecule has 0 unspecified atom stereocenters. The Kier molecular flexibility index (Phi) is 8.56. The van der Waals surface area contributed by atoms with Gasteiger partial charge in [0, 0.05) is 58.3 Å². The van der Waals surface area contributed by atoms with E-state index >= 15 is 0 Å². The van der Waals surface area contributed by atoms with Gasteiger partial charge in [-0.15, -0.1) is 0 Å². The van der Waals surface area contributed by atoms with E-state index in [1.54, 1.807) is 30.3 Å². The highest BCUT2D eigenvalue weighted by Crippen LogP contribution is 2.34. The minimum absolute atomic E-state index is 0.0499. The minimum Gasteiger partial charge on any atom is -0.495 e. The van der Waals surface area contributed by atoms with Crippen molar-refractivity contribution in [3.8, 4) is 11.8 Å². The van der Waals surface area contributed by atoms with Crippen molar-refractivity contribution in [2.24, 2.45) is 0 Å². The summed E-state index contributed by atoms with van der Waals surface area (Å²) in [4.78, 5) is 19.5. The number of nitriles is 1. The largest absolute Gasteiger partial charge is 0.495 e. The van der Waals surface area contributed by atoms with Crippen LogP contribution in [0.4, 0.5) is 17.2 Å². The number of morpholine rings is 1. The number of carbonyl (C=O) groups is 1. The number of hydrogen-bond donors (Lipinski definition) is 2. The molecule has 10 nitrogen and oxygen atoms in total. The van der Waals surface area contributed by atoms with Crippen LogP contribution in [0.1, 0.15) is 15.9 Å². The van der Waals surface area contributed by atoms with Crippen molar-refractivity contribution >= 4 is 42.2 Å². The number of nitrogens with one attached hydrogen (secondary N) is 2. The lowest BCUT2D eigenvalue weighted by atomic mass is 10.1. The van der Waals surface area contributed by atoms with Crippen LogP contribution >= 0.6 is 0 Å². The first kappa shape index (κ1) is 27.4. The summed E-state index contributed by atoms with van der Waals surface area (Å²) in [6.45, 7) is 10.2. The number of carbonyl (C=O) groups excluding carboxylic acids is 1. The molecule has 1 fully saturated rings. The van der Waals surface area contributed by atoms with Crippen molar-refractivity contribution in [1.82, 2.24) is 14.5 Å². The van der Waals surface area contributed by atoms with Crippen LogP contribution in [0.15, 0.2) is 30.5 Å². The first-order valence-electron chi connectivity index (χ1n) is 12.8. The SMILES string of the molecule is CNc1cc(Nc2ccc(C(=O)N3CCOCC3)cc2OC)nc2c1c(C#N)cn2COCC[Si](C)(C)C. The summed E-state index contributed by atoms with van der Waals surface area (Å²) in [7, 11) is 2.17. The molecule has 11 heteroatoms. The van der Waals surface area contributed by atoms with Gasteiger partial charge in [-0.3, -0.25) is 4.79 Å². The first-order chi connectivity index (χ1) is 18.2. The highest BCUT2D eigenvalue weighted by atomic mass is 28.3. The number of anilines is 3. The van der Waals surface area contributed by atoms with Crippen LogP contribution in [0.2, 0.25) is 25.7 Å². The molecular formula is C27H36N6O4Si. The Morgan fingerprint density at radius 3 is 2.63 bits per heavy atom. The number of benzene rings is 1. The smallest absolute Gasteiger partial charge is 0.254 e. The number of amides is 1. The molecule has 2 N–H and O–H groups in total. The van der Waals surface area contributed by atoms with Crippen molar-refractivity contribution in [2.45, 2.75) is 32.4 Å². The van der Waals surface area contributed by atoms with Gasteiger partial charge in [0.1, 0.15) is 30.0 Å². The van der Waals surface area contributed by atoms with Crippen LogP contribution in [-0.2, 0) is 16.2 Å². The van der Waals surface area contributed by atoms with Crippen molar-refractivity contribution in [3.63, 3.8) is 0 Å². The van der Waals surface area contributed by atoms with E-state index in [1.807, 2.05) is 23.7 Å². The Bertz CT molecular complexity index is 1340. The summed E-state index contributed by atoms with van der Waals surface area (Å²) in [6.07, 6.45) is 1.78. The zero-order valence-corrected chi connectivity index (χ0v) is 23.8. The molecule has 1 aliphatic heterocycles. The fourth-order valence-electron chi connectivity index (χ4n) is 4.29. The molecular weight excluding hydrogens is 500 g/mol. The monoisotopic (exact) mass is 536 g/mol. The maximum absolute atomic E-state index is 12.9. The maximum Gasteiger partial charge on any atom is 0.254 e. The van der Waals surface area contributed by atoms with Gasteiger partial charge in [-0.05, 0) is 24.2 Å². The van der Waals surface area contributed by atoms with E-state index in [0.717, 1.165) is 17.1 Å². The Morgan fingerprint density at radius 2 is 1.97 bits per heavy atom. The molecule has 202 valence electrons. The number of ether oxygens (including phenoxy) is 3. The van der Waals surface area contributed by atoms with E-state index < -0.39 is 8.07 Å². The van der Waals surface area contributed by atoms with Crippen LogP contribution in [0, 0.1) is 11.3 Å². The molecule has 0 saturated carbocycles. The second-order valence-electron chi connectivity index (χ2n) is 10.4. The molecule has 1 aromatic carbocycles. The molecule has 1 amide bonds. The third-order valence-corrected chi connectivity index (χ3v) is 8.16. The van der Waals surface area contributed by atoms with Crippen molar-refractivity contribution in [1.29, 1.82) is 5.26 Å². The normalized spacial score (nSPS) is 13.8. The standard InChI is InChI=1S/C27H36N6O4Si/c1-29-22-15-24(31-26-25(22)20(16-28)17-33(26)18-37-12-13-38(3,4)5)30-21-7-6-19(14-23(21)35-2)27(34)32-8-10-36-11-9-32/h6-7,14-15,17H,8-13,18H2,1-5H3,(H2,29,30,31). The third kappa shape index (κ3) is 6.27. The summed E-state index contributed by atoms with van der Waals surface area (Å²) < 4.78 is 18.8. The van der Waals surface area contributed by atoms with Gasteiger partial charge >= 0.3 is 0 Å². The summed E-state index contributed by atoms with van der Waals surface area (Å²) in [5, 5.41) is 17.0. The average Bonchev–Trinajstić information content (AvgIpc) is 3.28. The zero-order chi connectivity index (χ0) is 27.3. The Morgan fingerprint density at radius 1 is 1.21 bits per heavy atom. The lowest BCUT2D eigenvalue weighted by Crippen LogP contribution is -2.40. The van der Waals surface area contributed by atoms with Gasteiger partial charge in [0.25, 0.3) is 5.91 Å². The number of nitrogens with zero attached hydrogens (tertiary/aromatic N) is 4. The predicted octanol–water partition coefficient (Wildman–Crippen LogP) is 4.49. The van der Waals surface area contributed by atoms with Gasteiger partial charge in [-0.25, -0.2) is 4.98 Å². The molecule has 1 aliphatic rings. The van der Waals surface area contributed by atoms with Gasteiger partial charge < -0.3 is 34.3 Å². The van der Waals surface area contributed by atoms with E-state index in [9.17, 15) is 10.1 Å². The quantitative estimate of drug-likeness (QED) is 0.288. The van der Waals surface area contributed by atoms with Crippen molar-refractivity contribution < 1.29 is 19.0 Å². The molecule has 3 aromatic rings. The van der Waals surface area contributed by atoms with Gasteiger partial charge in [-0.2, -0.15) is 5.26 Å². The first-order valence-corrected chi connectivity index (χ1v) is 16.5.